The molecule has 0 saturated carbocycles. The molecule has 0 bridgehead atoms. The number of carbonyl (C=O) groups is 2. The van der Waals surface area contributed by atoms with Gasteiger partial charge < -0.3 is 35.6 Å². The minimum absolute atomic E-state index is 0.0639. The number of carboxylic acids is 1. The van der Waals surface area contributed by atoms with Gasteiger partial charge in [-0.3, -0.25) is 4.79 Å². The number of amides is 1. The van der Waals surface area contributed by atoms with E-state index in [4.69, 9.17) is 16.3 Å². The highest BCUT2D eigenvalue weighted by molar-refractivity contribution is 5.78. The molecule has 1 fully saturated rings. The second kappa shape index (κ2) is 9.06. The van der Waals surface area contributed by atoms with Crippen molar-refractivity contribution in [3.63, 3.8) is 0 Å². The van der Waals surface area contributed by atoms with E-state index < -0.39 is 58.7 Å². The van der Waals surface area contributed by atoms with Crippen LogP contribution >= 0.6 is 0 Å². The molecule has 142 valence electrons. The molecule has 1 rings (SSSR count). The van der Waals surface area contributed by atoms with Crippen molar-refractivity contribution >= 4 is 11.9 Å². The summed E-state index contributed by atoms with van der Waals surface area (Å²) in [7, 11) is 0. The molecular weight excluding hydrogens is 456 g/mol. The van der Waals surface area contributed by atoms with Crippen molar-refractivity contribution in [1.29, 1.82) is 0 Å². The number of halogens is 2. The van der Waals surface area contributed by atoms with Crippen molar-refractivity contribution < 1.29 is 66.8 Å². The molecule has 0 aromatic rings. The summed E-state index contributed by atoms with van der Waals surface area (Å²) in [5.41, 5.74) is 0. The van der Waals surface area contributed by atoms with Crippen molar-refractivity contribution in [2.24, 2.45) is 0 Å². The third kappa shape index (κ3) is 4.78. The summed E-state index contributed by atoms with van der Waals surface area (Å²) >= 11 is 0.762. The lowest BCUT2D eigenvalue weighted by atomic mass is 9.88. The fourth-order valence-electron chi connectivity index (χ4n) is 2.33. The molecule has 9 nitrogen and oxygen atoms in total. The number of aliphatic carboxylic acids is 1. The Kier molecular flexibility index (Phi) is 7.97. The first-order valence-corrected chi connectivity index (χ1v) is 8.40. The minimum Gasteiger partial charge on any atom is -0.476 e. The smallest absolute Gasteiger partial charge is 0.391 e. The first kappa shape index (κ1) is 22.0. The number of nitrogens with one attached hydrogen (secondary N) is 1. The van der Waals surface area contributed by atoms with E-state index in [1.54, 1.807) is 0 Å². The van der Waals surface area contributed by atoms with Gasteiger partial charge in [-0.2, -0.15) is 0 Å². The van der Waals surface area contributed by atoms with Crippen LogP contribution in [0.1, 0.15) is 12.8 Å². The predicted octanol–water partition coefficient (Wildman–Crippen LogP) is -6.24. The van der Waals surface area contributed by atoms with E-state index in [0.29, 0.717) is 0 Å². The number of ether oxygens (including phenoxy) is 1. The van der Waals surface area contributed by atoms with Gasteiger partial charge >= 0.3 is 32.2 Å². The lowest BCUT2D eigenvalue weighted by Crippen LogP contribution is -3.46. The first-order valence-electron chi connectivity index (χ1n) is 7.23. The lowest BCUT2D eigenvalue weighted by Gasteiger charge is -2.43. The first-order chi connectivity index (χ1) is 11.6. The van der Waals surface area contributed by atoms with Gasteiger partial charge in [0.25, 0.3) is 0 Å². The van der Waals surface area contributed by atoms with Gasteiger partial charge in [0.05, 0.1) is 12.6 Å². The molecule has 1 aliphatic rings. The number of carboxylic acid groups (broad SMARTS) is 1. The Morgan fingerprint density at radius 2 is 2.04 bits per heavy atom. The number of hydrogen-bond acceptors (Lipinski definition) is 7. The number of terminal acetylenes is 1. The highest BCUT2D eigenvalue weighted by Crippen LogP contribution is 2.29. The number of rotatable bonds is 7. The molecule has 0 spiro atoms. The minimum atomic E-state index is -2.52. The quantitative estimate of drug-likeness (QED) is 0.121. The second-order valence-corrected chi connectivity index (χ2v) is 7.22. The Bertz CT molecular complexity index is 543. The molecule has 0 radical (unpaired) electrons. The average Bonchev–Trinajstić information content (AvgIpc) is 2.58. The van der Waals surface area contributed by atoms with Crippen LogP contribution in [0.2, 0.25) is 0 Å². The van der Waals surface area contributed by atoms with E-state index in [1.165, 1.54) is 0 Å². The van der Waals surface area contributed by atoms with Crippen LogP contribution in [0.4, 0.5) is 4.39 Å². The Labute approximate surface area is 156 Å². The third-order valence-corrected chi connectivity index (χ3v) is 5.15. The Morgan fingerprint density at radius 1 is 1.44 bits per heavy atom. The lowest BCUT2D eigenvalue weighted by molar-refractivity contribution is -0.569. The molecule has 25 heavy (non-hydrogen) atoms. The van der Waals surface area contributed by atoms with E-state index in [9.17, 15) is 34.4 Å². The highest BCUT2D eigenvalue weighted by atomic mass is 127. The molecule has 0 aliphatic carbocycles. The number of alkyl halides is 2. The van der Waals surface area contributed by atoms with E-state index in [0.717, 1.165) is 22.6 Å². The predicted molar refractivity (Wildman–Crippen MR) is 76.6 cm³/mol. The monoisotopic (exact) mass is 476 g/mol. The summed E-state index contributed by atoms with van der Waals surface area (Å²) in [4.78, 5) is 23.2. The topological polar surface area (TPSA) is 157 Å². The number of hydrogen-bond donors (Lipinski definition) is 6. The van der Waals surface area contributed by atoms with Gasteiger partial charge in [0, 0.05) is 12.8 Å². The van der Waals surface area contributed by atoms with Gasteiger partial charge in [0.2, 0.25) is 12.1 Å². The Morgan fingerprint density at radius 3 is 2.52 bits per heavy atom. The maximum Gasteiger partial charge on any atom is 0.391 e. The maximum absolute atomic E-state index is 14.4. The standard InChI is InChI=1S/C14H19FINO8/c1-2-3-4-7(20)17-8-10(22)12(15)14(16,13(23)24)25-11(8)9(21)6(19)5-18/h1,6,8-12,16,18-19,21-22H,3-5H2,(H-,17,20,23,24)/p+1/t6-,8-,9-,10?,11?,12?,14-/m1/s1. The van der Waals surface area contributed by atoms with Gasteiger partial charge in [0.15, 0.2) is 0 Å². The van der Waals surface area contributed by atoms with E-state index in [2.05, 4.69) is 11.2 Å². The van der Waals surface area contributed by atoms with Crippen LogP contribution in [0.15, 0.2) is 0 Å². The zero-order valence-electron chi connectivity index (χ0n) is 12.9. The summed E-state index contributed by atoms with van der Waals surface area (Å²) in [6, 6.07) is -1.56. The zero-order valence-corrected chi connectivity index (χ0v) is 15.2. The maximum atomic E-state index is 14.4. The highest BCUT2D eigenvalue weighted by Gasteiger charge is 2.66. The molecule has 0 aromatic carbocycles. The second-order valence-electron chi connectivity index (χ2n) is 5.49. The number of aliphatic hydroxyl groups is 4. The molecule has 11 heteroatoms. The van der Waals surface area contributed by atoms with Crippen LogP contribution in [0.3, 0.4) is 0 Å². The molecule has 1 aliphatic heterocycles. The van der Waals surface area contributed by atoms with Crippen molar-refractivity contribution in [2.75, 3.05) is 6.61 Å². The van der Waals surface area contributed by atoms with Crippen LogP contribution in [0.5, 0.6) is 0 Å². The molecule has 0 aromatic heterocycles. The van der Waals surface area contributed by atoms with Gasteiger partial charge in [-0.15, -0.1) is 12.3 Å². The van der Waals surface area contributed by atoms with Crippen molar-refractivity contribution in [1.82, 2.24) is 5.32 Å². The fourth-order valence-corrected chi connectivity index (χ4v) is 3.05. The Balaban J connectivity index is 3.14. The van der Waals surface area contributed by atoms with Crippen molar-refractivity contribution in [3.8, 4) is 12.3 Å². The molecule has 1 saturated heterocycles. The van der Waals surface area contributed by atoms with Gasteiger partial charge in [-0.1, -0.05) is 0 Å². The fraction of sp³-hybridized carbons (Fsp3) is 0.714. The summed E-state index contributed by atoms with van der Waals surface area (Å²) in [5.74, 6) is -0.209. The van der Waals surface area contributed by atoms with Crippen LogP contribution in [-0.4, -0.2) is 84.3 Å². The van der Waals surface area contributed by atoms with Crippen molar-refractivity contribution in [2.45, 2.75) is 53.1 Å². The largest absolute Gasteiger partial charge is 0.476 e. The van der Waals surface area contributed by atoms with E-state index >= 15 is 0 Å². The van der Waals surface area contributed by atoms with Crippen LogP contribution in [0, 0.1) is 12.3 Å². The van der Waals surface area contributed by atoms with Crippen molar-refractivity contribution in [3.05, 3.63) is 0 Å². The van der Waals surface area contributed by atoms with Crippen LogP contribution in [0.25, 0.3) is 0 Å². The van der Waals surface area contributed by atoms with Gasteiger partial charge in [-0.25, -0.2) is 9.18 Å². The molecule has 7 atom stereocenters. The van der Waals surface area contributed by atoms with Crippen LogP contribution < -0.4 is 27.9 Å². The van der Waals surface area contributed by atoms with Gasteiger partial charge in [-0.05, 0) is 0 Å². The normalized spacial score (nSPS) is 34.6. The number of carbonyl (C=O) groups excluding carboxylic acids is 1. The number of aliphatic hydroxyl groups excluding tert-OH is 4. The summed E-state index contributed by atoms with van der Waals surface area (Å²) < 4.78 is 17.0. The molecular formula is C14H20FINO8+. The molecule has 3 unspecified atom stereocenters. The average molecular weight is 476 g/mol. The van der Waals surface area contributed by atoms with Crippen LogP contribution in [-0.2, 0) is 14.3 Å². The molecule has 1 heterocycles. The third-order valence-electron chi connectivity index (χ3n) is 3.74. The van der Waals surface area contributed by atoms with Gasteiger partial charge in [0.1, 0.15) is 24.4 Å². The van der Waals surface area contributed by atoms with E-state index in [-0.39, 0.29) is 12.8 Å². The molecule has 1 amide bonds. The zero-order chi connectivity index (χ0) is 19.4. The summed E-state index contributed by atoms with van der Waals surface area (Å²) in [5, 5.41) is 50.2. The Hall–Kier alpha value is -1.04. The summed E-state index contributed by atoms with van der Waals surface area (Å²) in [6.07, 6.45) is -4.89. The van der Waals surface area contributed by atoms with E-state index in [1.807, 2.05) is 0 Å². The summed E-state index contributed by atoms with van der Waals surface area (Å²) in [6.45, 7) is -0.904. The SMILES string of the molecule is C#CCCC(=O)N[C@@H]1C(O)C(F)[C@]([IH+])(C(=O)O)OC1[C@H](O)[C@H](O)CO. The molecule has 6 N–H and O–H groups in total.